The van der Waals surface area contributed by atoms with Gasteiger partial charge in [0.15, 0.2) is 17.7 Å². The van der Waals surface area contributed by atoms with E-state index >= 15 is 0 Å². The SMILES string of the molecule is C[C@H]1CO[C@@H]2Cn3cc(C(=O)NCc4cnccn4)c(=O)c(O)c3C(=O)N12. The molecule has 1 fully saturated rings. The van der Waals surface area contributed by atoms with Gasteiger partial charge in [-0.05, 0) is 6.92 Å². The average molecular weight is 371 g/mol. The highest BCUT2D eigenvalue weighted by Crippen LogP contribution is 2.29. The van der Waals surface area contributed by atoms with Crippen molar-refractivity contribution in [1.29, 1.82) is 0 Å². The van der Waals surface area contributed by atoms with Gasteiger partial charge in [-0.2, -0.15) is 0 Å². The molecule has 4 heterocycles. The van der Waals surface area contributed by atoms with E-state index in [0.29, 0.717) is 12.3 Å². The predicted molar refractivity (Wildman–Crippen MR) is 90.9 cm³/mol. The minimum absolute atomic E-state index is 0.0740. The van der Waals surface area contributed by atoms with E-state index in [1.165, 1.54) is 34.3 Å². The van der Waals surface area contributed by atoms with Crippen LogP contribution in [0.2, 0.25) is 0 Å². The van der Waals surface area contributed by atoms with Crippen LogP contribution in [0, 0.1) is 0 Å². The fourth-order valence-electron chi connectivity index (χ4n) is 3.32. The second-order valence-electron chi connectivity index (χ2n) is 6.45. The van der Waals surface area contributed by atoms with Crippen molar-refractivity contribution < 1.29 is 19.4 Å². The zero-order valence-corrected chi connectivity index (χ0v) is 14.5. The first-order chi connectivity index (χ1) is 13.0. The number of nitrogens with one attached hydrogen (secondary N) is 1. The van der Waals surface area contributed by atoms with E-state index in [1.807, 2.05) is 6.92 Å². The lowest BCUT2D eigenvalue weighted by atomic mass is 10.1. The molecule has 2 amide bonds. The number of hydrogen-bond acceptors (Lipinski definition) is 7. The van der Waals surface area contributed by atoms with E-state index in [4.69, 9.17) is 4.74 Å². The molecule has 1 saturated heterocycles. The maximum absolute atomic E-state index is 12.7. The second-order valence-corrected chi connectivity index (χ2v) is 6.45. The molecule has 0 unspecified atom stereocenters. The van der Waals surface area contributed by atoms with Gasteiger partial charge in [0.05, 0.1) is 37.6 Å². The second kappa shape index (κ2) is 6.47. The Bertz CT molecular complexity index is 974. The Morgan fingerprint density at radius 2 is 2.22 bits per heavy atom. The fourth-order valence-corrected chi connectivity index (χ4v) is 3.32. The molecule has 0 aliphatic carbocycles. The van der Waals surface area contributed by atoms with Crippen LogP contribution in [0.25, 0.3) is 0 Å². The van der Waals surface area contributed by atoms with Gasteiger partial charge in [0.2, 0.25) is 5.43 Å². The number of carbonyl (C=O) groups is 2. The number of hydrogen-bond donors (Lipinski definition) is 2. The van der Waals surface area contributed by atoms with Crippen molar-refractivity contribution in [2.24, 2.45) is 0 Å². The molecule has 0 aromatic carbocycles. The lowest BCUT2D eigenvalue weighted by Gasteiger charge is -2.33. The zero-order valence-electron chi connectivity index (χ0n) is 14.5. The van der Waals surface area contributed by atoms with E-state index in [2.05, 4.69) is 15.3 Å². The standard InChI is InChI=1S/C17H17N5O5/c1-9-8-27-12-7-21-6-11(14(23)15(24)13(21)17(26)22(9)12)16(25)20-5-10-4-18-2-3-19-10/h2-4,6,9,12,24H,5,7-8H2,1H3,(H,20,25)/t9-,12+/m0/s1. The van der Waals surface area contributed by atoms with Gasteiger partial charge in [-0.15, -0.1) is 0 Å². The van der Waals surface area contributed by atoms with Crippen LogP contribution in [0.15, 0.2) is 29.6 Å². The number of ether oxygens (including phenoxy) is 1. The van der Waals surface area contributed by atoms with Crippen LogP contribution in [0.5, 0.6) is 5.75 Å². The summed E-state index contributed by atoms with van der Waals surface area (Å²) in [4.78, 5) is 47.0. The van der Waals surface area contributed by atoms with Crippen molar-refractivity contribution in [1.82, 2.24) is 24.8 Å². The van der Waals surface area contributed by atoms with Gasteiger partial charge in [0, 0.05) is 18.6 Å². The number of amides is 2. The summed E-state index contributed by atoms with van der Waals surface area (Å²) < 4.78 is 6.98. The van der Waals surface area contributed by atoms with Gasteiger partial charge in [-0.25, -0.2) is 0 Å². The monoisotopic (exact) mass is 371 g/mol. The summed E-state index contributed by atoms with van der Waals surface area (Å²) in [5.74, 6) is -1.89. The van der Waals surface area contributed by atoms with E-state index in [-0.39, 0.29) is 30.4 Å². The first kappa shape index (κ1) is 17.2. The number of carbonyl (C=O) groups excluding carboxylic acids is 2. The number of aromatic nitrogens is 3. The summed E-state index contributed by atoms with van der Waals surface area (Å²) in [5, 5.41) is 12.9. The number of fused-ring (bicyclic) bond motifs is 2. The highest BCUT2D eigenvalue weighted by atomic mass is 16.5. The Morgan fingerprint density at radius 3 is 2.96 bits per heavy atom. The third-order valence-corrected chi connectivity index (χ3v) is 4.65. The van der Waals surface area contributed by atoms with Crippen LogP contribution < -0.4 is 10.7 Å². The molecule has 0 saturated carbocycles. The Kier molecular flexibility index (Phi) is 4.11. The van der Waals surface area contributed by atoms with Gasteiger partial charge in [0.1, 0.15) is 5.56 Å². The van der Waals surface area contributed by atoms with Crippen molar-refractivity contribution in [3.05, 3.63) is 52.0 Å². The van der Waals surface area contributed by atoms with E-state index in [9.17, 15) is 19.5 Å². The number of rotatable bonds is 3. The lowest BCUT2D eigenvalue weighted by molar-refractivity contribution is 0.00624. The summed E-state index contributed by atoms with van der Waals surface area (Å²) in [6.45, 7) is 2.51. The molecule has 2 aromatic rings. The van der Waals surface area contributed by atoms with Crippen molar-refractivity contribution in [3.63, 3.8) is 0 Å². The predicted octanol–water partition coefficient (Wildman–Crippen LogP) is -0.526. The largest absolute Gasteiger partial charge is 0.503 e. The van der Waals surface area contributed by atoms with Crippen molar-refractivity contribution in [2.45, 2.75) is 32.3 Å². The van der Waals surface area contributed by atoms with Crippen molar-refractivity contribution in [3.8, 4) is 5.75 Å². The number of pyridine rings is 1. The van der Waals surface area contributed by atoms with Gasteiger partial charge < -0.3 is 24.6 Å². The maximum Gasteiger partial charge on any atom is 0.276 e. The molecule has 140 valence electrons. The first-order valence-electron chi connectivity index (χ1n) is 8.41. The summed E-state index contributed by atoms with van der Waals surface area (Å²) in [7, 11) is 0. The molecular formula is C17H17N5O5. The zero-order chi connectivity index (χ0) is 19.1. The normalized spacial score (nSPS) is 20.9. The van der Waals surface area contributed by atoms with Crippen molar-refractivity contribution in [2.75, 3.05) is 6.61 Å². The summed E-state index contributed by atoms with van der Waals surface area (Å²) in [6.07, 6.45) is 5.28. The molecule has 10 heteroatoms. The molecule has 2 atom stereocenters. The third kappa shape index (κ3) is 2.83. The molecule has 0 bridgehead atoms. The Balaban J connectivity index is 1.64. The van der Waals surface area contributed by atoms with Crippen molar-refractivity contribution >= 4 is 11.8 Å². The summed E-state index contributed by atoms with van der Waals surface area (Å²) in [6, 6.07) is -0.152. The van der Waals surface area contributed by atoms with Crippen LogP contribution in [-0.4, -0.2) is 55.2 Å². The molecule has 2 aromatic heterocycles. The van der Waals surface area contributed by atoms with Crippen LogP contribution in [-0.2, 0) is 17.8 Å². The van der Waals surface area contributed by atoms with Gasteiger partial charge in [0.25, 0.3) is 11.8 Å². The topological polar surface area (TPSA) is 127 Å². The van der Waals surface area contributed by atoms with Gasteiger partial charge in [-0.3, -0.25) is 24.4 Å². The van der Waals surface area contributed by atoms with Crippen LogP contribution in [0.1, 0.15) is 33.5 Å². The van der Waals surface area contributed by atoms with E-state index in [1.54, 1.807) is 0 Å². The summed E-state index contributed by atoms with van der Waals surface area (Å²) >= 11 is 0. The number of aromatic hydroxyl groups is 1. The van der Waals surface area contributed by atoms with Crippen LogP contribution in [0.3, 0.4) is 0 Å². The first-order valence-corrected chi connectivity index (χ1v) is 8.41. The fraction of sp³-hybridized carbons (Fsp3) is 0.353. The molecule has 2 N–H and O–H groups in total. The maximum atomic E-state index is 12.7. The Morgan fingerprint density at radius 1 is 1.41 bits per heavy atom. The van der Waals surface area contributed by atoms with Gasteiger partial charge in [-0.1, -0.05) is 0 Å². The van der Waals surface area contributed by atoms with Crippen LogP contribution >= 0.6 is 0 Å². The average Bonchev–Trinajstić information content (AvgIpc) is 3.04. The van der Waals surface area contributed by atoms with E-state index in [0.717, 1.165) is 0 Å². The van der Waals surface area contributed by atoms with Gasteiger partial charge >= 0.3 is 0 Å². The summed E-state index contributed by atoms with van der Waals surface area (Å²) in [5.41, 5.74) is -0.753. The molecule has 10 nitrogen and oxygen atoms in total. The minimum Gasteiger partial charge on any atom is -0.503 e. The molecular weight excluding hydrogens is 354 g/mol. The number of nitrogens with zero attached hydrogens (tertiary/aromatic N) is 4. The Hall–Kier alpha value is -3.27. The molecule has 4 rings (SSSR count). The Labute approximate surface area is 153 Å². The quantitative estimate of drug-likeness (QED) is 0.743. The molecule has 0 spiro atoms. The molecule has 2 aliphatic rings. The molecule has 2 aliphatic heterocycles. The third-order valence-electron chi connectivity index (χ3n) is 4.65. The molecule has 27 heavy (non-hydrogen) atoms. The smallest absolute Gasteiger partial charge is 0.276 e. The van der Waals surface area contributed by atoms with Crippen LogP contribution in [0.4, 0.5) is 0 Å². The highest BCUT2D eigenvalue weighted by molar-refractivity contribution is 5.99. The molecule has 0 radical (unpaired) electrons. The highest BCUT2D eigenvalue weighted by Gasteiger charge is 2.42. The van der Waals surface area contributed by atoms with E-state index < -0.39 is 29.2 Å². The lowest BCUT2D eigenvalue weighted by Crippen LogP contribution is -2.49. The minimum atomic E-state index is -0.891.